The first kappa shape index (κ1) is 8.05. The van der Waals surface area contributed by atoms with Crippen molar-refractivity contribution in [1.29, 1.82) is 0 Å². The van der Waals surface area contributed by atoms with Crippen LogP contribution in [0.2, 0.25) is 0 Å². The summed E-state index contributed by atoms with van der Waals surface area (Å²) in [5.41, 5.74) is -0.114. The highest BCUT2D eigenvalue weighted by Gasteiger charge is 2.54. The summed E-state index contributed by atoms with van der Waals surface area (Å²) in [6.07, 6.45) is 0.0966. The SMILES string of the molecule is CC1(C)COC([C@@H]2OC2(C)C)=N1. The average Bonchev–Trinajstić information content (AvgIpc) is 2.35. The van der Waals surface area contributed by atoms with E-state index in [2.05, 4.69) is 32.7 Å². The van der Waals surface area contributed by atoms with Crippen LogP contribution in [0.1, 0.15) is 27.7 Å². The molecule has 3 nitrogen and oxygen atoms in total. The van der Waals surface area contributed by atoms with Crippen LogP contribution < -0.4 is 0 Å². The van der Waals surface area contributed by atoms with Gasteiger partial charge in [-0.05, 0) is 27.7 Å². The average molecular weight is 169 g/mol. The summed E-state index contributed by atoms with van der Waals surface area (Å²) in [5, 5.41) is 0. The number of hydrogen-bond acceptors (Lipinski definition) is 3. The van der Waals surface area contributed by atoms with Crippen molar-refractivity contribution in [2.75, 3.05) is 6.61 Å². The minimum absolute atomic E-state index is 0.0563. The van der Waals surface area contributed by atoms with Gasteiger partial charge in [0.2, 0.25) is 5.90 Å². The van der Waals surface area contributed by atoms with Crippen LogP contribution in [-0.4, -0.2) is 29.7 Å². The number of ether oxygens (including phenoxy) is 2. The number of rotatable bonds is 1. The summed E-state index contributed by atoms with van der Waals surface area (Å²) >= 11 is 0. The van der Waals surface area contributed by atoms with E-state index in [0.29, 0.717) is 6.61 Å². The molecule has 0 aliphatic carbocycles. The van der Waals surface area contributed by atoms with Crippen molar-refractivity contribution in [2.45, 2.75) is 44.9 Å². The van der Waals surface area contributed by atoms with E-state index >= 15 is 0 Å². The van der Waals surface area contributed by atoms with Gasteiger partial charge >= 0.3 is 0 Å². The van der Waals surface area contributed by atoms with Crippen LogP contribution in [0.15, 0.2) is 4.99 Å². The minimum atomic E-state index is -0.0582. The zero-order chi connectivity index (χ0) is 8.98. The number of epoxide rings is 1. The maximum absolute atomic E-state index is 5.45. The van der Waals surface area contributed by atoms with Crippen LogP contribution in [-0.2, 0) is 9.47 Å². The molecule has 0 unspecified atom stereocenters. The van der Waals surface area contributed by atoms with Crippen molar-refractivity contribution < 1.29 is 9.47 Å². The van der Waals surface area contributed by atoms with Gasteiger partial charge in [0.15, 0.2) is 6.10 Å². The van der Waals surface area contributed by atoms with Crippen LogP contribution in [0.3, 0.4) is 0 Å². The van der Waals surface area contributed by atoms with Crippen LogP contribution in [0, 0.1) is 0 Å². The fraction of sp³-hybridized carbons (Fsp3) is 0.889. The molecule has 0 aromatic rings. The Hall–Kier alpha value is -0.570. The van der Waals surface area contributed by atoms with Gasteiger partial charge in [-0.25, -0.2) is 4.99 Å². The zero-order valence-electron chi connectivity index (χ0n) is 8.05. The first-order chi connectivity index (χ1) is 5.41. The summed E-state index contributed by atoms with van der Waals surface area (Å²) in [6, 6.07) is 0. The van der Waals surface area contributed by atoms with E-state index in [-0.39, 0.29) is 17.2 Å². The second-order valence-corrected chi connectivity index (χ2v) is 4.65. The fourth-order valence-electron chi connectivity index (χ4n) is 1.37. The Morgan fingerprint density at radius 3 is 2.25 bits per heavy atom. The van der Waals surface area contributed by atoms with Gasteiger partial charge < -0.3 is 9.47 Å². The maximum Gasteiger partial charge on any atom is 0.217 e. The van der Waals surface area contributed by atoms with Gasteiger partial charge in [-0.15, -0.1) is 0 Å². The van der Waals surface area contributed by atoms with Crippen LogP contribution in [0.25, 0.3) is 0 Å². The monoisotopic (exact) mass is 169 g/mol. The lowest BCUT2D eigenvalue weighted by atomic mass is 10.1. The largest absolute Gasteiger partial charge is 0.476 e. The molecular weight excluding hydrogens is 154 g/mol. The Labute approximate surface area is 72.8 Å². The van der Waals surface area contributed by atoms with E-state index < -0.39 is 0 Å². The smallest absolute Gasteiger partial charge is 0.217 e. The summed E-state index contributed by atoms with van der Waals surface area (Å²) in [6.45, 7) is 8.91. The van der Waals surface area contributed by atoms with Gasteiger partial charge in [-0.1, -0.05) is 0 Å². The van der Waals surface area contributed by atoms with E-state index in [4.69, 9.17) is 9.47 Å². The minimum Gasteiger partial charge on any atom is -0.476 e. The van der Waals surface area contributed by atoms with E-state index in [0.717, 1.165) is 5.90 Å². The van der Waals surface area contributed by atoms with Crippen molar-refractivity contribution in [2.24, 2.45) is 4.99 Å². The topological polar surface area (TPSA) is 34.1 Å². The van der Waals surface area contributed by atoms with Gasteiger partial charge in [-0.2, -0.15) is 0 Å². The lowest BCUT2D eigenvalue weighted by molar-refractivity contribution is 0.265. The molecule has 0 N–H and O–H groups in total. The van der Waals surface area contributed by atoms with Crippen molar-refractivity contribution in [3.05, 3.63) is 0 Å². The quantitative estimate of drug-likeness (QED) is 0.555. The van der Waals surface area contributed by atoms with Gasteiger partial charge in [0.1, 0.15) is 6.61 Å². The predicted molar refractivity (Wildman–Crippen MR) is 46.4 cm³/mol. The molecule has 0 bridgehead atoms. The number of nitrogens with zero attached hydrogens (tertiary/aromatic N) is 1. The highest BCUT2D eigenvalue weighted by atomic mass is 16.6. The van der Waals surface area contributed by atoms with E-state index in [1.165, 1.54) is 0 Å². The molecule has 3 heteroatoms. The molecule has 2 heterocycles. The molecule has 0 aromatic heterocycles. The van der Waals surface area contributed by atoms with Crippen LogP contribution in [0.4, 0.5) is 0 Å². The van der Waals surface area contributed by atoms with Crippen LogP contribution >= 0.6 is 0 Å². The molecule has 0 aromatic carbocycles. The third kappa shape index (κ3) is 1.22. The molecule has 2 aliphatic rings. The van der Waals surface area contributed by atoms with Crippen molar-refractivity contribution in [1.82, 2.24) is 0 Å². The zero-order valence-corrected chi connectivity index (χ0v) is 8.05. The highest BCUT2D eigenvalue weighted by Crippen LogP contribution is 2.38. The number of aliphatic imine (C=N–C) groups is 1. The fourth-order valence-corrected chi connectivity index (χ4v) is 1.37. The predicted octanol–water partition coefficient (Wildman–Crippen LogP) is 1.37. The molecular formula is C9H15NO2. The Morgan fingerprint density at radius 1 is 1.33 bits per heavy atom. The molecule has 68 valence electrons. The van der Waals surface area contributed by atoms with E-state index in [1.54, 1.807) is 0 Å². The molecule has 12 heavy (non-hydrogen) atoms. The van der Waals surface area contributed by atoms with Crippen LogP contribution in [0.5, 0.6) is 0 Å². The summed E-state index contributed by atoms with van der Waals surface area (Å²) in [7, 11) is 0. The van der Waals surface area contributed by atoms with Gasteiger partial charge in [0.25, 0.3) is 0 Å². The lowest BCUT2D eigenvalue weighted by Crippen LogP contribution is -2.17. The molecule has 2 aliphatic heterocycles. The second kappa shape index (κ2) is 2.02. The first-order valence-corrected chi connectivity index (χ1v) is 4.31. The second-order valence-electron chi connectivity index (χ2n) is 4.65. The van der Waals surface area contributed by atoms with Gasteiger partial charge in [0, 0.05) is 0 Å². The van der Waals surface area contributed by atoms with Crippen molar-refractivity contribution in [3.63, 3.8) is 0 Å². The van der Waals surface area contributed by atoms with Crippen molar-refractivity contribution in [3.8, 4) is 0 Å². The molecule has 1 fully saturated rings. The molecule has 0 saturated carbocycles. The van der Waals surface area contributed by atoms with E-state index in [9.17, 15) is 0 Å². The highest BCUT2D eigenvalue weighted by molar-refractivity contribution is 5.86. The lowest BCUT2D eigenvalue weighted by Gasteiger charge is -2.07. The molecule has 1 saturated heterocycles. The molecule has 0 radical (unpaired) electrons. The normalized spacial score (nSPS) is 35.7. The molecule has 2 rings (SSSR count). The Morgan fingerprint density at radius 2 is 1.92 bits per heavy atom. The summed E-state index contributed by atoms with van der Waals surface area (Å²) in [4.78, 5) is 4.45. The standard InChI is InChI=1S/C9H15NO2/c1-8(2)5-11-7(10-8)6-9(3,4)12-6/h6H,5H2,1-4H3/t6-/m0/s1. The van der Waals surface area contributed by atoms with Crippen molar-refractivity contribution >= 4 is 5.90 Å². The Kier molecular flexibility index (Phi) is 1.35. The molecule has 0 spiro atoms. The summed E-state index contributed by atoms with van der Waals surface area (Å²) in [5.74, 6) is 0.782. The molecule has 0 amide bonds. The number of hydrogen-bond donors (Lipinski definition) is 0. The van der Waals surface area contributed by atoms with Gasteiger partial charge in [0.05, 0.1) is 11.1 Å². The Balaban J connectivity index is 2.09. The summed E-state index contributed by atoms with van der Waals surface area (Å²) < 4.78 is 10.9. The third-order valence-corrected chi connectivity index (χ3v) is 2.21. The Bertz CT molecular complexity index is 243. The third-order valence-electron chi connectivity index (χ3n) is 2.21. The first-order valence-electron chi connectivity index (χ1n) is 4.31. The van der Waals surface area contributed by atoms with E-state index in [1.807, 2.05) is 0 Å². The van der Waals surface area contributed by atoms with Gasteiger partial charge in [-0.3, -0.25) is 0 Å². The maximum atomic E-state index is 5.45. The molecule has 1 atom stereocenters.